The predicted octanol–water partition coefficient (Wildman–Crippen LogP) is 1.20. The molecule has 0 radical (unpaired) electrons. The number of aliphatic imine (C=N–C) groups is 1. The lowest BCUT2D eigenvalue weighted by atomic mass is 10.2. The van der Waals surface area contributed by atoms with Crippen LogP contribution in [0.5, 0.6) is 5.75 Å². The first kappa shape index (κ1) is 23.9. The summed E-state index contributed by atoms with van der Waals surface area (Å²) in [4.78, 5) is 30.4. The van der Waals surface area contributed by atoms with E-state index in [9.17, 15) is 18.4 Å². The third-order valence-electron chi connectivity index (χ3n) is 4.74. The third-order valence-corrected chi connectivity index (χ3v) is 4.74. The van der Waals surface area contributed by atoms with Gasteiger partial charge in [0.15, 0.2) is 5.96 Å². The molecule has 2 heterocycles. The molecule has 30 heavy (non-hydrogen) atoms. The number of amides is 3. The number of alkyl halides is 2. The number of anilines is 1. The maximum absolute atomic E-state index is 12.6. The van der Waals surface area contributed by atoms with Gasteiger partial charge in [0.25, 0.3) is 0 Å². The Labute approximate surface area is 190 Å². The van der Waals surface area contributed by atoms with Gasteiger partial charge in [0.1, 0.15) is 5.75 Å². The zero-order chi connectivity index (χ0) is 20.8. The van der Waals surface area contributed by atoms with Crippen LogP contribution in [0.3, 0.4) is 0 Å². The molecule has 9 nitrogen and oxygen atoms in total. The Bertz CT molecular complexity index is 766. The number of nitrogens with one attached hydrogen (secondary N) is 3. The highest BCUT2D eigenvalue weighted by atomic mass is 127. The number of benzene rings is 1. The van der Waals surface area contributed by atoms with Crippen molar-refractivity contribution in [2.24, 2.45) is 4.99 Å². The Kier molecular flexibility index (Phi) is 8.87. The van der Waals surface area contributed by atoms with Gasteiger partial charge < -0.3 is 25.6 Å². The molecule has 1 aromatic rings. The average molecular weight is 538 g/mol. The normalized spacial score (nSPS) is 19.1. The number of para-hydroxylation sites is 2. The molecule has 3 amide bonds. The number of rotatable bonds is 7. The third kappa shape index (κ3) is 6.06. The Morgan fingerprint density at radius 2 is 2.13 bits per heavy atom. The van der Waals surface area contributed by atoms with Crippen molar-refractivity contribution in [1.29, 1.82) is 0 Å². The van der Waals surface area contributed by atoms with E-state index < -0.39 is 12.6 Å². The van der Waals surface area contributed by atoms with Crippen LogP contribution >= 0.6 is 24.0 Å². The second kappa shape index (κ2) is 11.1. The summed E-state index contributed by atoms with van der Waals surface area (Å²) in [5, 5.41) is 8.82. The molecule has 1 unspecified atom stereocenters. The SMILES string of the molecule is CN=C(NCCN1C(=O)CNC1=O)NC1CCN(c2ccccc2OC(F)F)C1.I. The van der Waals surface area contributed by atoms with E-state index in [0.717, 1.165) is 11.3 Å². The lowest BCUT2D eigenvalue weighted by Gasteiger charge is -2.22. The fourth-order valence-corrected chi connectivity index (χ4v) is 3.37. The van der Waals surface area contributed by atoms with Crippen molar-refractivity contribution in [2.75, 3.05) is 44.7 Å². The second-order valence-electron chi connectivity index (χ2n) is 6.63. The van der Waals surface area contributed by atoms with Gasteiger partial charge in [-0.1, -0.05) is 12.1 Å². The molecule has 0 aromatic heterocycles. The maximum atomic E-state index is 12.6. The quantitative estimate of drug-likeness (QED) is 0.209. The molecular formula is C18H25F2IN6O3. The fourth-order valence-electron chi connectivity index (χ4n) is 3.37. The van der Waals surface area contributed by atoms with Crippen LogP contribution in [0.1, 0.15) is 6.42 Å². The number of carbonyl (C=O) groups is 2. The molecular weight excluding hydrogens is 513 g/mol. The standard InChI is InChI=1S/C18H24F2N6O3.HI/c1-21-17(22-7-9-26-15(27)10-23-18(26)28)24-12-6-8-25(11-12)13-4-2-3-5-14(13)29-16(19)20;/h2-5,12,16H,6-11H2,1H3,(H,23,28)(H2,21,22,24);1H. The van der Waals surface area contributed by atoms with Crippen molar-refractivity contribution in [1.82, 2.24) is 20.9 Å². The van der Waals surface area contributed by atoms with E-state index in [-0.39, 0.29) is 54.8 Å². The molecule has 3 rings (SSSR count). The van der Waals surface area contributed by atoms with Crippen LogP contribution in [0.25, 0.3) is 0 Å². The van der Waals surface area contributed by atoms with E-state index in [1.54, 1.807) is 25.2 Å². The van der Waals surface area contributed by atoms with Crippen LogP contribution in [0.15, 0.2) is 29.3 Å². The van der Waals surface area contributed by atoms with Gasteiger partial charge in [-0.15, -0.1) is 24.0 Å². The number of hydrogen-bond donors (Lipinski definition) is 3. The minimum Gasteiger partial charge on any atom is -0.433 e. The summed E-state index contributed by atoms with van der Waals surface area (Å²) >= 11 is 0. The van der Waals surface area contributed by atoms with Crippen LogP contribution in [0.2, 0.25) is 0 Å². The number of carbonyl (C=O) groups excluding carboxylic acids is 2. The second-order valence-corrected chi connectivity index (χ2v) is 6.63. The summed E-state index contributed by atoms with van der Waals surface area (Å²) in [6.45, 7) is -0.973. The molecule has 166 valence electrons. The van der Waals surface area contributed by atoms with Crippen LogP contribution in [0, 0.1) is 0 Å². The zero-order valence-corrected chi connectivity index (χ0v) is 18.8. The van der Waals surface area contributed by atoms with Crippen LogP contribution in [-0.4, -0.2) is 75.2 Å². The van der Waals surface area contributed by atoms with Crippen LogP contribution in [0.4, 0.5) is 19.3 Å². The lowest BCUT2D eigenvalue weighted by molar-refractivity contribution is -0.124. The van der Waals surface area contributed by atoms with Crippen molar-refractivity contribution in [3.8, 4) is 5.75 Å². The molecule has 0 saturated carbocycles. The van der Waals surface area contributed by atoms with E-state index in [4.69, 9.17) is 0 Å². The van der Waals surface area contributed by atoms with Gasteiger partial charge in [-0.2, -0.15) is 8.78 Å². The van der Waals surface area contributed by atoms with E-state index in [1.165, 1.54) is 6.07 Å². The highest BCUT2D eigenvalue weighted by molar-refractivity contribution is 14.0. The summed E-state index contributed by atoms with van der Waals surface area (Å²) in [7, 11) is 1.63. The van der Waals surface area contributed by atoms with E-state index in [0.29, 0.717) is 31.3 Å². The molecule has 0 spiro atoms. The summed E-state index contributed by atoms with van der Waals surface area (Å²) in [5.74, 6) is 0.441. The first-order valence-corrected chi connectivity index (χ1v) is 9.32. The van der Waals surface area contributed by atoms with Gasteiger partial charge in [-0.3, -0.25) is 14.7 Å². The van der Waals surface area contributed by atoms with Gasteiger partial charge in [0.05, 0.1) is 12.2 Å². The van der Waals surface area contributed by atoms with Crippen molar-refractivity contribution in [3.05, 3.63) is 24.3 Å². The smallest absolute Gasteiger partial charge is 0.387 e. The van der Waals surface area contributed by atoms with Gasteiger partial charge in [-0.05, 0) is 18.6 Å². The number of urea groups is 1. The first-order chi connectivity index (χ1) is 14.0. The van der Waals surface area contributed by atoms with Gasteiger partial charge in [-0.25, -0.2) is 4.79 Å². The van der Waals surface area contributed by atoms with Crippen molar-refractivity contribution >= 4 is 47.6 Å². The Balaban J connectivity index is 0.00000320. The highest BCUT2D eigenvalue weighted by Gasteiger charge is 2.28. The molecule has 2 saturated heterocycles. The number of ether oxygens (including phenoxy) is 1. The van der Waals surface area contributed by atoms with E-state index >= 15 is 0 Å². The van der Waals surface area contributed by atoms with E-state index in [1.807, 2.05) is 4.90 Å². The van der Waals surface area contributed by atoms with Crippen molar-refractivity contribution < 1.29 is 23.1 Å². The number of imide groups is 1. The summed E-state index contributed by atoms with van der Waals surface area (Å²) in [5.41, 5.74) is 0.624. The molecule has 0 aliphatic carbocycles. The zero-order valence-electron chi connectivity index (χ0n) is 16.4. The van der Waals surface area contributed by atoms with E-state index in [2.05, 4.69) is 25.7 Å². The molecule has 1 atom stereocenters. The van der Waals surface area contributed by atoms with Crippen LogP contribution < -0.4 is 25.6 Å². The van der Waals surface area contributed by atoms with Crippen molar-refractivity contribution in [2.45, 2.75) is 19.1 Å². The average Bonchev–Trinajstić information content (AvgIpc) is 3.28. The Hall–Kier alpha value is -2.38. The van der Waals surface area contributed by atoms with Gasteiger partial charge in [0.2, 0.25) is 5.91 Å². The monoisotopic (exact) mass is 538 g/mol. The highest BCUT2D eigenvalue weighted by Crippen LogP contribution is 2.31. The number of nitrogens with zero attached hydrogens (tertiary/aromatic N) is 3. The topological polar surface area (TPSA) is 98.3 Å². The van der Waals surface area contributed by atoms with Gasteiger partial charge >= 0.3 is 12.6 Å². The lowest BCUT2D eigenvalue weighted by Crippen LogP contribution is -2.47. The number of halogens is 3. The summed E-state index contributed by atoms with van der Waals surface area (Å²) < 4.78 is 29.9. The number of hydrogen-bond acceptors (Lipinski definition) is 5. The summed E-state index contributed by atoms with van der Waals surface area (Å²) in [6, 6.07) is 6.38. The van der Waals surface area contributed by atoms with Crippen molar-refractivity contribution in [3.63, 3.8) is 0 Å². The Morgan fingerprint density at radius 1 is 1.37 bits per heavy atom. The molecule has 1 aromatic carbocycles. The molecule has 12 heteroatoms. The first-order valence-electron chi connectivity index (χ1n) is 9.32. The minimum atomic E-state index is -2.87. The summed E-state index contributed by atoms with van der Waals surface area (Å²) in [6.07, 6.45) is 0.788. The molecule has 2 aliphatic rings. The molecule has 0 bridgehead atoms. The molecule has 3 N–H and O–H groups in total. The Morgan fingerprint density at radius 3 is 2.80 bits per heavy atom. The predicted molar refractivity (Wildman–Crippen MR) is 119 cm³/mol. The largest absolute Gasteiger partial charge is 0.433 e. The number of guanidine groups is 1. The fraction of sp³-hybridized carbons (Fsp3) is 0.500. The minimum absolute atomic E-state index is 0. The van der Waals surface area contributed by atoms with Crippen LogP contribution in [-0.2, 0) is 4.79 Å². The molecule has 2 fully saturated rings. The van der Waals surface area contributed by atoms with Gasteiger partial charge in [0, 0.05) is 39.3 Å². The maximum Gasteiger partial charge on any atom is 0.387 e. The molecule has 2 aliphatic heterocycles.